The summed E-state index contributed by atoms with van der Waals surface area (Å²) >= 11 is 0. The number of carboxylic acids is 1. The Kier molecular flexibility index (Phi) is 18.0. The van der Waals surface area contributed by atoms with Crippen molar-refractivity contribution in [2.24, 2.45) is 10.5 Å². The maximum absolute atomic E-state index is 14.3. The maximum Gasteiger partial charge on any atom is 0.338 e. The Morgan fingerprint density at radius 1 is 0.773 bits per heavy atom. The molecule has 3 saturated heterocycles. The quantitative estimate of drug-likeness (QED) is 0.0335. The lowest BCUT2D eigenvalue weighted by Gasteiger charge is -2.50. The van der Waals surface area contributed by atoms with Gasteiger partial charge in [-0.1, -0.05) is 96.1 Å². The van der Waals surface area contributed by atoms with Gasteiger partial charge < -0.3 is 57.2 Å². The predicted molar refractivity (Wildman–Crippen MR) is 230 cm³/mol. The molecule has 356 valence electrons. The van der Waals surface area contributed by atoms with Crippen LogP contribution in [-0.2, 0) is 84.5 Å². The fourth-order valence-corrected chi connectivity index (χ4v) is 7.32. The van der Waals surface area contributed by atoms with E-state index in [4.69, 9.17) is 57.2 Å². The van der Waals surface area contributed by atoms with Crippen molar-refractivity contribution >= 4 is 23.9 Å². The number of azide groups is 1. The zero-order valence-corrected chi connectivity index (χ0v) is 37.5. The molecular weight excluding hydrogens is 863 g/mol. The van der Waals surface area contributed by atoms with Crippen LogP contribution in [0, 0.1) is 5.41 Å². The molecule has 0 radical (unpaired) electrons. The normalized spacial score (nSPS) is 27.5. The molecule has 3 aliphatic rings. The van der Waals surface area contributed by atoms with Crippen molar-refractivity contribution in [1.82, 2.24) is 0 Å². The van der Waals surface area contributed by atoms with E-state index < -0.39 is 123 Å². The Bertz CT molecular complexity index is 2080. The van der Waals surface area contributed by atoms with Crippen molar-refractivity contribution < 1.29 is 76.4 Å². The standard InChI is InChI=1S/C47H57N3O16/c1-28(2)61-45-41(66-46(55)47(3,4)5)38(59-26-30-17-11-7-12-18-30)39(40(65-45)42(54)57-24-23-56-34(53)22-21-33(51)52)64-44-35(49-50-48)37(58-25-29-15-9-6-10-16-29)36-32(62-44)27-60-43(63-36)31-19-13-8-14-20-31/h6-20,28,32,35-41,43-45H,21-27H2,1-5H3,(H,51,52)/t32-,35-,36-,37-,38+,39+,40-,41-,43-,44-,45-/m1/s1. The summed E-state index contributed by atoms with van der Waals surface area (Å²) in [6, 6.07) is 26.4. The Hall–Kier alpha value is -5.47. The lowest BCUT2D eigenvalue weighted by Crippen LogP contribution is -2.67. The van der Waals surface area contributed by atoms with Crippen LogP contribution in [0.25, 0.3) is 10.4 Å². The summed E-state index contributed by atoms with van der Waals surface area (Å²) in [5.74, 6) is -3.65. The summed E-state index contributed by atoms with van der Waals surface area (Å²) < 4.78 is 68.7. The van der Waals surface area contributed by atoms with Gasteiger partial charge in [-0.15, -0.1) is 0 Å². The first-order valence-electron chi connectivity index (χ1n) is 21.8. The molecule has 19 heteroatoms. The Labute approximate surface area is 382 Å². The highest BCUT2D eigenvalue weighted by Gasteiger charge is 2.58. The molecule has 66 heavy (non-hydrogen) atoms. The van der Waals surface area contributed by atoms with Gasteiger partial charge in [-0.05, 0) is 51.3 Å². The molecule has 3 fully saturated rings. The van der Waals surface area contributed by atoms with Crippen molar-refractivity contribution in [3.05, 3.63) is 118 Å². The molecule has 1 N–H and O–H groups in total. The van der Waals surface area contributed by atoms with E-state index in [0.717, 1.165) is 16.7 Å². The first-order chi connectivity index (χ1) is 31.7. The second-order valence-corrected chi connectivity index (χ2v) is 17.0. The smallest absolute Gasteiger partial charge is 0.338 e. The van der Waals surface area contributed by atoms with Crippen molar-refractivity contribution in [3.8, 4) is 0 Å². The fraction of sp³-hybridized carbons (Fsp3) is 0.532. The monoisotopic (exact) mass is 919 g/mol. The van der Waals surface area contributed by atoms with E-state index in [2.05, 4.69) is 10.0 Å². The second kappa shape index (κ2) is 23.8. The molecule has 3 heterocycles. The minimum atomic E-state index is -1.71. The van der Waals surface area contributed by atoms with Gasteiger partial charge in [-0.2, -0.15) is 0 Å². The number of rotatable bonds is 20. The number of hydrogen-bond donors (Lipinski definition) is 1. The minimum Gasteiger partial charge on any atom is -0.481 e. The number of esters is 3. The summed E-state index contributed by atoms with van der Waals surface area (Å²) in [5.41, 5.74) is 11.3. The molecule has 0 spiro atoms. The number of ether oxygens (including phenoxy) is 11. The zero-order valence-electron chi connectivity index (χ0n) is 37.5. The number of aliphatic carboxylic acids is 1. The van der Waals surface area contributed by atoms with Gasteiger partial charge in [0.15, 0.2) is 31.1 Å². The van der Waals surface area contributed by atoms with Crippen LogP contribution in [0.4, 0.5) is 0 Å². The summed E-state index contributed by atoms with van der Waals surface area (Å²) in [5, 5.41) is 13.1. The lowest BCUT2D eigenvalue weighted by molar-refractivity contribution is -0.374. The van der Waals surface area contributed by atoms with Crippen LogP contribution in [-0.4, -0.2) is 116 Å². The highest BCUT2D eigenvalue weighted by molar-refractivity contribution is 5.77. The zero-order chi connectivity index (χ0) is 47.2. The van der Waals surface area contributed by atoms with E-state index in [-0.39, 0.29) is 26.2 Å². The largest absolute Gasteiger partial charge is 0.481 e. The molecule has 3 aliphatic heterocycles. The van der Waals surface area contributed by atoms with Crippen LogP contribution >= 0.6 is 0 Å². The van der Waals surface area contributed by atoms with Gasteiger partial charge in [0.05, 0.1) is 44.2 Å². The number of carbonyl (C=O) groups is 4. The summed E-state index contributed by atoms with van der Waals surface area (Å²) in [7, 11) is 0. The molecule has 3 aromatic rings. The number of carboxylic acid groups (broad SMARTS) is 1. The van der Waals surface area contributed by atoms with Gasteiger partial charge in [-0.3, -0.25) is 14.4 Å². The summed E-state index contributed by atoms with van der Waals surface area (Å²) in [6.07, 6.45) is -13.9. The number of carbonyl (C=O) groups excluding carboxylic acids is 3. The highest BCUT2D eigenvalue weighted by atomic mass is 16.8. The lowest BCUT2D eigenvalue weighted by atomic mass is 9.93. The molecule has 0 amide bonds. The van der Waals surface area contributed by atoms with E-state index in [1.807, 2.05) is 91.0 Å². The van der Waals surface area contributed by atoms with Gasteiger partial charge in [0, 0.05) is 10.5 Å². The summed E-state index contributed by atoms with van der Waals surface area (Å²) in [6.45, 7) is 7.57. The third kappa shape index (κ3) is 13.8. The number of nitrogens with zero attached hydrogens (tertiary/aromatic N) is 3. The van der Waals surface area contributed by atoms with Crippen LogP contribution in [0.15, 0.2) is 96.1 Å². The van der Waals surface area contributed by atoms with Crippen LogP contribution in [0.1, 0.15) is 70.4 Å². The average Bonchev–Trinajstić information content (AvgIpc) is 3.30. The van der Waals surface area contributed by atoms with Crippen LogP contribution in [0.2, 0.25) is 0 Å². The Morgan fingerprint density at radius 3 is 1.97 bits per heavy atom. The van der Waals surface area contributed by atoms with Gasteiger partial charge in [-0.25, -0.2) is 4.79 Å². The Morgan fingerprint density at radius 2 is 1.38 bits per heavy atom. The second-order valence-electron chi connectivity index (χ2n) is 17.0. The van der Waals surface area contributed by atoms with Gasteiger partial charge in [0.2, 0.25) is 0 Å². The van der Waals surface area contributed by atoms with E-state index in [1.54, 1.807) is 34.6 Å². The molecule has 0 saturated carbocycles. The topological polar surface area (TPSA) is 239 Å². The fourth-order valence-electron chi connectivity index (χ4n) is 7.32. The number of benzene rings is 3. The first kappa shape index (κ1) is 50.0. The van der Waals surface area contributed by atoms with Crippen molar-refractivity contribution in [2.45, 2.75) is 134 Å². The molecule has 11 atom stereocenters. The SMILES string of the molecule is CC(C)O[C@@H]1O[C@@H](C(=O)OCCOC(=O)CCC(=O)O)[C@@H](O[C@H]2O[C@@H]3CO[C@@H](c4ccccc4)O[C@H]3[C@H](OCc3ccccc3)[C@H]2N=[N+]=[N-])[C@H](OCc2ccccc2)[C@H]1OC(=O)C(C)(C)C. The third-order valence-corrected chi connectivity index (χ3v) is 10.5. The summed E-state index contributed by atoms with van der Waals surface area (Å²) in [4.78, 5) is 54.3. The van der Waals surface area contributed by atoms with Crippen molar-refractivity contribution in [2.75, 3.05) is 19.8 Å². The van der Waals surface area contributed by atoms with E-state index in [9.17, 15) is 24.7 Å². The minimum absolute atomic E-state index is 0.0137. The molecule has 6 rings (SSSR count). The maximum atomic E-state index is 14.3. The number of hydrogen-bond acceptors (Lipinski definition) is 16. The first-order valence-corrected chi connectivity index (χ1v) is 21.8. The van der Waals surface area contributed by atoms with Gasteiger partial charge in [0.1, 0.15) is 49.8 Å². The Balaban J connectivity index is 1.38. The predicted octanol–water partition coefficient (Wildman–Crippen LogP) is 6.12. The average molecular weight is 920 g/mol. The van der Waals surface area contributed by atoms with Gasteiger partial charge >= 0.3 is 23.9 Å². The molecule has 0 bridgehead atoms. The van der Waals surface area contributed by atoms with E-state index in [1.165, 1.54) is 0 Å². The van der Waals surface area contributed by atoms with Crippen LogP contribution in [0.3, 0.4) is 0 Å². The number of fused-ring (bicyclic) bond motifs is 1. The molecule has 3 aromatic carbocycles. The van der Waals surface area contributed by atoms with E-state index in [0.29, 0.717) is 0 Å². The van der Waals surface area contributed by atoms with Crippen molar-refractivity contribution in [1.29, 1.82) is 0 Å². The molecular formula is C47H57N3O16. The van der Waals surface area contributed by atoms with Crippen LogP contribution in [0.5, 0.6) is 0 Å². The van der Waals surface area contributed by atoms with E-state index >= 15 is 0 Å². The molecule has 0 unspecified atom stereocenters. The van der Waals surface area contributed by atoms with Gasteiger partial charge in [0.25, 0.3) is 0 Å². The van der Waals surface area contributed by atoms with Crippen molar-refractivity contribution in [3.63, 3.8) is 0 Å². The molecule has 0 aromatic heterocycles. The third-order valence-electron chi connectivity index (χ3n) is 10.5. The molecule has 0 aliphatic carbocycles. The van der Waals surface area contributed by atoms with Crippen LogP contribution < -0.4 is 0 Å². The molecule has 19 nitrogen and oxygen atoms in total. The highest BCUT2D eigenvalue weighted by Crippen LogP contribution is 2.40.